The number of aromatic nitrogens is 3. The minimum atomic E-state index is -0.558. The van der Waals surface area contributed by atoms with Crippen molar-refractivity contribution in [2.24, 2.45) is 0 Å². The van der Waals surface area contributed by atoms with Crippen LogP contribution in [0.2, 0.25) is 0 Å². The molecule has 35 heavy (non-hydrogen) atoms. The highest BCUT2D eigenvalue weighted by Crippen LogP contribution is 2.29. The van der Waals surface area contributed by atoms with E-state index in [4.69, 9.17) is 9.72 Å². The van der Waals surface area contributed by atoms with Crippen LogP contribution in [0.1, 0.15) is 46.4 Å². The summed E-state index contributed by atoms with van der Waals surface area (Å²) in [6.45, 7) is -0.491. The van der Waals surface area contributed by atoms with Crippen LogP contribution in [0.25, 0.3) is 16.6 Å². The second kappa shape index (κ2) is 9.77. The Morgan fingerprint density at radius 2 is 1.80 bits per heavy atom. The average molecular weight is 466 g/mol. The largest absolute Gasteiger partial charge is 0.452 e. The molecular weight excluding hydrogens is 442 g/mol. The van der Waals surface area contributed by atoms with Crippen LogP contribution < -0.4 is 5.32 Å². The van der Waals surface area contributed by atoms with Crippen LogP contribution in [0.3, 0.4) is 0 Å². The van der Waals surface area contributed by atoms with E-state index in [1.807, 2.05) is 60.7 Å². The summed E-state index contributed by atoms with van der Waals surface area (Å²) < 4.78 is 6.95. The monoisotopic (exact) mass is 465 g/mol. The molecule has 0 radical (unpaired) electrons. The summed E-state index contributed by atoms with van der Waals surface area (Å²) in [5.74, 6) is -0.881. The molecule has 0 saturated carbocycles. The molecule has 8 heteroatoms. The number of ether oxygens (including phenoxy) is 1. The number of rotatable bonds is 5. The third kappa shape index (κ3) is 4.49. The third-order valence-electron chi connectivity index (χ3n) is 6.11. The lowest BCUT2D eigenvalue weighted by atomic mass is 9.97. The molecule has 1 amide bonds. The lowest BCUT2D eigenvalue weighted by Crippen LogP contribution is -2.23. The number of nitriles is 1. The van der Waals surface area contributed by atoms with Crippen molar-refractivity contribution in [2.75, 3.05) is 11.9 Å². The number of nitrogens with one attached hydrogen (secondary N) is 1. The topological polar surface area (TPSA) is 110 Å². The van der Waals surface area contributed by atoms with Gasteiger partial charge in [-0.25, -0.2) is 9.48 Å². The fourth-order valence-corrected chi connectivity index (χ4v) is 4.47. The van der Waals surface area contributed by atoms with Crippen LogP contribution in [-0.2, 0) is 22.4 Å². The molecule has 5 rings (SSSR count). The number of nitrogens with zero attached hydrogens (tertiary/aromatic N) is 4. The summed E-state index contributed by atoms with van der Waals surface area (Å²) in [5.41, 5.74) is 3.98. The minimum absolute atomic E-state index is 0.207. The van der Waals surface area contributed by atoms with E-state index in [1.54, 1.807) is 0 Å². The van der Waals surface area contributed by atoms with Gasteiger partial charge >= 0.3 is 5.97 Å². The van der Waals surface area contributed by atoms with E-state index in [1.165, 1.54) is 10.9 Å². The number of pyridine rings is 1. The highest BCUT2D eigenvalue weighted by Gasteiger charge is 2.24. The van der Waals surface area contributed by atoms with Gasteiger partial charge in [0.1, 0.15) is 11.6 Å². The second-order valence-electron chi connectivity index (χ2n) is 8.38. The molecule has 174 valence electrons. The van der Waals surface area contributed by atoms with E-state index in [-0.39, 0.29) is 11.4 Å². The van der Waals surface area contributed by atoms with Crippen molar-refractivity contribution in [3.63, 3.8) is 0 Å². The molecule has 0 unspecified atom stereocenters. The fraction of sp³-hybridized carbons (Fsp3) is 0.222. The van der Waals surface area contributed by atoms with Crippen molar-refractivity contribution in [3.05, 3.63) is 83.2 Å². The Bertz CT molecular complexity index is 1450. The maximum atomic E-state index is 13.3. The molecule has 0 atom stereocenters. The Morgan fingerprint density at radius 3 is 2.63 bits per heavy atom. The van der Waals surface area contributed by atoms with E-state index in [0.29, 0.717) is 11.3 Å². The maximum absolute atomic E-state index is 13.3. The summed E-state index contributed by atoms with van der Waals surface area (Å²) in [6.07, 6.45) is 6.06. The first-order chi connectivity index (χ1) is 17.2. The van der Waals surface area contributed by atoms with Gasteiger partial charge in [0.15, 0.2) is 12.4 Å². The Balaban J connectivity index is 1.38. The lowest BCUT2D eigenvalue weighted by molar-refractivity contribution is -0.119. The Kier molecular flexibility index (Phi) is 6.22. The molecule has 2 aromatic carbocycles. The first-order valence-electron chi connectivity index (χ1n) is 11.6. The van der Waals surface area contributed by atoms with Crippen molar-refractivity contribution in [1.29, 1.82) is 5.26 Å². The first-order valence-corrected chi connectivity index (χ1v) is 11.6. The van der Waals surface area contributed by atoms with Gasteiger partial charge in [-0.3, -0.25) is 9.78 Å². The average Bonchev–Trinajstić information content (AvgIpc) is 3.14. The summed E-state index contributed by atoms with van der Waals surface area (Å²) in [6, 6.07) is 18.7. The molecule has 0 aliphatic heterocycles. The molecular formula is C27H23N5O3. The predicted molar refractivity (Wildman–Crippen MR) is 130 cm³/mol. The van der Waals surface area contributed by atoms with Gasteiger partial charge in [0.05, 0.1) is 23.0 Å². The summed E-state index contributed by atoms with van der Waals surface area (Å²) in [5, 5.41) is 17.1. The number of anilines is 1. The Hall–Kier alpha value is -4.51. The van der Waals surface area contributed by atoms with Crippen molar-refractivity contribution in [3.8, 4) is 11.8 Å². The number of para-hydroxylation sites is 2. The first kappa shape index (κ1) is 22.3. The van der Waals surface area contributed by atoms with Gasteiger partial charge in [-0.05, 0) is 49.4 Å². The summed E-state index contributed by atoms with van der Waals surface area (Å²) >= 11 is 0. The molecule has 1 aliphatic carbocycles. The smallest absolute Gasteiger partial charge is 0.339 e. The normalized spacial score (nSPS) is 12.9. The Morgan fingerprint density at radius 1 is 1.03 bits per heavy atom. The standard InChI is InChI=1S/C27H23N5O3/c28-15-18-16-29-32(19-9-3-1-4-10-19)26(18)31-24(33)17-35-27(34)25-20-11-5-2-6-13-22(20)30-23-14-8-7-12-21(23)25/h1,3-4,7-10,12,14,16H,2,5-6,11,13,17H2,(H,31,33). The highest BCUT2D eigenvalue weighted by atomic mass is 16.5. The zero-order chi connectivity index (χ0) is 24.2. The van der Waals surface area contributed by atoms with E-state index in [0.717, 1.165) is 54.3 Å². The third-order valence-corrected chi connectivity index (χ3v) is 6.11. The molecule has 1 aliphatic rings. The maximum Gasteiger partial charge on any atom is 0.339 e. The van der Waals surface area contributed by atoms with E-state index < -0.39 is 18.5 Å². The summed E-state index contributed by atoms with van der Waals surface area (Å²) in [7, 11) is 0. The van der Waals surface area contributed by atoms with Crippen LogP contribution in [0.15, 0.2) is 60.8 Å². The van der Waals surface area contributed by atoms with Gasteiger partial charge in [-0.1, -0.05) is 42.8 Å². The molecule has 8 nitrogen and oxygen atoms in total. The van der Waals surface area contributed by atoms with Gasteiger partial charge in [0, 0.05) is 11.1 Å². The molecule has 4 aromatic rings. The molecule has 0 fully saturated rings. The number of amides is 1. The second-order valence-corrected chi connectivity index (χ2v) is 8.38. The lowest BCUT2D eigenvalue weighted by Gasteiger charge is -2.15. The van der Waals surface area contributed by atoms with Crippen molar-refractivity contribution >= 4 is 28.6 Å². The van der Waals surface area contributed by atoms with Crippen molar-refractivity contribution < 1.29 is 14.3 Å². The van der Waals surface area contributed by atoms with Crippen LogP contribution >= 0.6 is 0 Å². The number of esters is 1. The molecule has 0 bridgehead atoms. The van der Waals surface area contributed by atoms with Crippen molar-refractivity contribution in [2.45, 2.75) is 32.1 Å². The number of benzene rings is 2. The van der Waals surface area contributed by atoms with Crippen LogP contribution in [0.5, 0.6) is 0 Å². The van der Waals surface area contributed by atoms with Gasteiger partial charge in [0.2, 0.25) is 0 Å². The predicted octanol–water partition coefficient (Wildman–Crippen LogP) is 4.36. The molecule has 1 N–H and O–H groups in total. The van der Waals surface area contributed by atoms with Gasteiger partial charge < -0.3 is 10.1 Å². The number of carbonyl (C=O) groups is 2. The number of fused-ring (bicyclic) bond motifs is 2. The molecule has 0 saturated heterocycles. The quantitative estimate of drug-likeness (QED) is 0.346. The number of carbonyl (C=O) groups excluding carboxylic acids is 2. The van der Waals surface area contributed by atoms with Gasteiger partial charge in [-0.15, -0.1) is 0 Å². The van der Waals surface area contributed by atoms with Crippen LogP contribution in [0, 0.1) is 11.3 Å². The molecule has 0 spiro atoms. The summed E-state index contributed by atoms with van der Waals surface area (Å²) in [4.78, 5) is 30.8. The van der Waals surface area contributed by atoms with Crippen LogP contribution in [-0.4, -0.2) is 33.2 Å². The zero-order valence-electron chi connectivity index (χ0n) is 19.0. The SMILES string of the molecule is N#Cc1cnn(-c2ccccc2)c1NC(=O)COC(=O)c1c2c(nc3ccccc13)CCCCC2. The Labute approximate surface area is 202 Å². The fourth-order valence-electron chi connectivity index (χ4n) is 4.47. The minimum Gasteiger partial charge on any atom is -0.452 e. The van der Waals surface area contributed by atoms with E-state index >= 15 is 0 Å². The van der Waals surface area contributed by atoms with Gasteiger partial charge in [0.25, 0.3) is 5.91 Å². The number of hydrogen-bond donors (Lipinski definition) is 1. The number of aryl methyl sites for hydroxylation is 1. The number of hydrogen-bond acceptors (Lipinski definition) is 6. The van der Waals surface area contributed by atoms with E-state index in [2.05, 4.69) is 10.4 Å². The molecule has 2 heterocycles. The van der Waals surface area contributed by atoms with Crippen molar-refractivity contribution in [1.82, 2.24) is 14.8 Å². The molecule has 2 aromatic heterocycles. The highest BCUT2D eigenvalue weighted by molar-refractivity contribution is 6.06. The van der Waals surface area contributed by atoms with E-state index in [9.17, 15) is 14.9 Å². The zero-order valence-corrected chi connectivity index (χ0v) is 19.0. The van der Waals surface area contributed by atoms with Crippen LogP contribution in [0.4, 0.5) is 5.82 Å². The van der Waals surface area contributed by atoms with Gasteiger partial charge in [-0.2, -0.15) is 10.4 Å².